The van der Waals surface area contributed by atoms with Gasteiger partial charge in [-0.25, -0.2) is 0 Å². The molecule has 6 nitrogen and oxygen atoms in total. The lowest BCUT2D eigenvalue weighted by atomic mass is 10.3. The maximum absolute atomic E-state index is 11.8. The second-order valence-electron chi connectivity index (χ2n) is 5.75. The van der Waals surface area contributed by atoms with Gasteiger partial charge in [-0.15, -0.1) is 0 Å². The Morgan fingerprint density at radius 2 is 1.55 bits per heavy atom. The first-order valence-corrected chi connectivity index (χ1v) is 7.74. The zero-order chi connectivity index (χ0) is 16.1. The van der Waals surface area contributed by atoms with Crippen molar-refractivity contribution in [1.82, 2.24) is 24.9 Å². The Labute approximate surface area is 131 Å². The molecule has 2 heterocycles. The number of carbonyl (C=O) groups excluding carboxylic acids is 1. The highest BCUT2D eigenvalue weighted by atomic mass is 16.1. The number of nitrogens with one attached hydrogen (secondary N) is 1. The van der Waals surface area contributed by atoms with E-state index in [2.05, 4.69) is 21.6 Å². The van der Waals surface area contributed by atoms with Crippen LogP contribution in [0.5, 0.6) is 0 Å². The zero-order valence-electron chi connectivity index (χ0n) is 13.9. The van der Waals surface area contributed by atoms with Crippen LogP contribution in [0, 0.1) is 27.7 Å². The third-order valence-corrected chi connectivity index (χ3v) is 3.63. The average Bonchev–Trinajstić information content (AvgIpc) is 2.94. The molecule has 2 aromatic heterocycles. The SMILES string of the molecule is Cc1cc(C)n(CCCNC(=O)CCn2nc(C)cc2C)n1. The summed E-state index contributed by atoms with van der Waals surface area (Å²) in [4.78, 5) is 11.8. The number of rotatable bonds is 7. The number of aromatic nitrogens is 4. The molecule has 0 fully saturated rings. The van der Waals surface area contributed by atoms with Crippen LogP contribution in [0.15, 0.2) is 12.1 Å². The van der Waals surface area contributed by atoms with Gasteiger partial charge in [0.1, 0.15) is 0 Å². The molecule has 120 valence electrons. The van der Waals surface area contributed by atoms with Gasteiger partial charge in [0.05, 0.1) is 11.4 Å². The summed E-state index contributed by atoms with van der Waals surface area (Å²) in [6.07, 6.45) is 1.34. The van der Waals surface area contributed by atoms with Gasteiger partial charge in [-0.3, -0.25) is 14.2 Å². The van der Waals surface area contributed by atoms with Crippen molar-refractivity contribution in [3.63, 3.8) is 0 Å². The third-order valence-electron chi connectivity index (χ3n) is 3.63. The molecule has 0 saturated heterocycles. The van der Waals surface area contributed by atoms with Crippen molar-refractivity contribution < 1.29 is 4.79 Å². The van der Waals surface area contributed by atoms with Gasteiger partial charge in [0.2, 0.25) is 5.91 Å². The largest absolute Gasteiger partial charge is 0.356 e. The first-order valence-electron chi connectivity index (χ1n) is 7.74. The molecule has 0 aliphatic carbocycles. The number of nitrogens with zero attached hydrogens (tertiary/aromatic N) is 4. The maximum atomic E-state index is 11.8. The minimum absolute atomic E-state index is 0.0703. The summed E-state index contributed by atoms with van der Waals surface area (Å²) < 4.78 is 3.86. The van der Waals surface area contributed by atoms with Gasteiger partial charge in [-0.1, -0.05) is 0 Å². The van der Waals surface area contributed by atoms with E-state index in [1.54, 1.807) is 0 Å². The fraction of sp³-hybridized carbons (Fsp3) is 0.562. The summed E-state index contributed by atoms with van der Waals surface area (Å²) in [5.41, 5.74) is 4.28. The van der Waals surface area contributed by atoms with E-state index in [9.17, 15) is 4.79 Å². The number of hydrogen-bond donors (Lipinski definition) is 1. The van der Waals surface area contributed by atoms with E-state index >= 15 is 0 Å². The number of hydrogen-bond acceptors (Lipinski definition) is 3. The standard InChI is InChI=1S/C16H25N5O/c1-12-10-14(3)20(18-12)8-5-7-17-16(22)6-9-21-15(4)11-13(2)19-21/h10-11H,5-9H2,1-4H3,(H,17,22). The summed E-state index contributed by atoms with van der Waals surface area (Å²) in [5.74, 6) is 0.0703. The first kappa shape index (κ1) is 16.3. The Morgan fingerprint density at radius 3 is 2.05 bits per heavy atom. The number of carbonyl (C=O) groups is 1. The van der Waals surface area contributed by atoms with E-state index in [4.69, 9.17) is 0 Å². The van der Waals surface area contributed by atoms with Gasteiger partial charge < -0.3 is 5.32 Å². The topological polar surface area (TPSA) is 64.7 Å². The van der Waals surface area contributed by atoms with Crippen LogP contribution in [0.1, 0.15) is 35.6 Å². The predicted octanol–water partition coefficient (Wildman–Crippen LogP) is 1.91. The van der Waals surface area contributed by atoms with Gasteiger partial charge in [-0.2, -0.15) is 10.2 Å². The van der Waals surface area contributed by atoms with E-state index in [0.29, 0.717) is 19.5 Å². The minimum Gasteiger partial charge on any atom is -0.356 e. The molecule has 0 aromatic carbocycles. The summed E-state index contributed by atoms with van der Waals surface area (Å²) in [5, 5.41) is 11.7. The van der Waals surface area contributed by atoms with E-state index in [-0.39, 0.29) is 5.91 Å². The summed E-state index contributed by atoms with van der Waals surface area (Å²) in [6.45, 7) is 10.1. The summed E-state index contributed by atoms with van der Waals surface area (Å²) in [6, 6.07) is 4.08. The first-order chi connectivity index (χ1) is 10.5. The van der Waals surface area contributed by atoms with Crippen LogP contribution < -0.4 is 5.32 Å². The van der Waals surface area contributed by atoms with Gasteiger partial charge in [0, 0.05) is 37.4 Å². The van der Waals surface area contributed by atoms with Crippen LogP contribution in [0.2, 0.25) is 0 Å². The minimum atomic E-state index is 0.0703. The van der Waals surface area contributed by atoms with E-state index in [1.165, 1.54) is 0 Å². The van der Waals surface area contributed by atoms with Crippen molar-refractivity contribution in [1.29, 1.82) is 0 Å². The zero-order valence-corrected chi connectivity index (χ0v) is 13.9. The Hall–Kier alpha value is -2.11. The molecular formula is C16H25N5O. The van der Waals surface area contributed by atoms with Crippen molar-refractivity contribution >= 4 is 5.91 Å². The van der Waals surface area contributed by atoms with Crippen LogP contribution in [0.25, 0.3) is 0 Å². The summed E-state index contributed by atoms with van der Waals surface area (Å²) in [7, 11) is 0. The van der Waals surface area contributed by atoms with Crippen molar-refractivity contribution in [2.24, 2.45) is 0 Å². The van der Waals surface area contributed by atoms with Crippen molar-refractivity contribution in [3.8, 4) is 0 Å². The van der Waals surface area contributed by atoms with Gasteiger partial charge in [0.25, 0.3) is 0 Å². The molecule has 0 atom stereocenters. The van der Waals surface area contributed by atoms with Gasteiger partial charge in [0.15, 0.2) is 0 Å². The normalized spacial score (nSPS) is 10.9. The van der Waals surface area contributed by atoms with Crippen LogP contribution in [0.4, 0.5) is 0 Å². The quantitative estimate of drug-likeness (QED) is 0.795. The highest BCUT2D eigenvalue weighted by Crippen LogP contribution is 2.03. The molecule has 0 unspecified atom stereocenters. The van der Waals surface area contributed by atoms with Crippen molar-refractivity contribution in [3.05, 3.63) is 34.9 Å². The molecule has 2 aromatic rings. The molecule has 0 aliphatic rings. The fourth-order valence-electron chi connectivity index (χ4n) is 2.56. The average molecular weight is 303 g/mol. The fourth-order valence-corrected chi connectivity index (χ4v) is 2.56. The molecule has 0 spiro atoms. The molecular weight excluding hydrogens is 278 g/mol. The van der Waals surface area contributed by atoms with Gasteiger partial charge in [-0.05, 0) is 46.2 Å². The number of amides is 1. The smallest absolute Gasteiger partial charge is 0.221 e. The van der Waals surface area contributed by atoms with Gasteiger partial charge >= 0.3 is 0 Å². The van der Waals surface area contributed by atoms with Crippen LogP contribution in [0.3, 0.4) is 0 Å². The Kier molecular flexibility index (Phi) is 5.35. The van der Waals surface area contributed by atoms with Crippen LogP contribution in [-0.4, -0.2) is 32.0 Å². The Morgan fingerprint density at radius 1 is 1.00 bits per heavy atom. The lowest BCUT2D eigenvalue weighted by molar-refractivity contribution is -0.121. The second kappa shape index (κ2) is 7.24. The molecule has 22 heavy (non-hydrogen) atoms. The number of aryl methyl sites for hydroxylation is 6. The Bertz CT molecular complexity index is 641. The second-order valence-corrected chi connectivity index (χ2v) is 5.75. The molecule has 0 saturated carbocycles. The van der Waals surface area contributed by atoms with Crippen molar-refractivity contribution in [2.75, 3.05) is 6.54 Å². The van der Waals surface area contributed by atoms with Crippen LogP contribution >= 0.6 is 0 Å². The van der Waals surface area contributed by atoms with E-state index < -0.39 is 0 Å². The lowest BCUT2D eigenvalue weighted by Crippen LogP contribution is -2.26. The highest BCUT2D eigenvalue weighted by molar-refractivity contribution is 5.75. The van der Waals surface area contributed by atoms with Crippen molar-refractivity contribution in [2.45, 2.75) is 53.6 Å². The Balaban J connectivity index is 1.65. The molecule has 0 aliphatic heterocycles. The molecule has 0 radical (unpaired) electrons. The summed E-state index contributed by atoms with van der Waals surface area (Å²) >= 11 is 0. The maximum Gasteiger partial charge on any atom is 0.221 e. The molecule has 1 amide bonds. The van der Waals surface area contributed by atoms with E-state index in [0.717, 1.165) is 35.7 Å². The molecule has 6 heteroatoms. The third kappa shape index (κ3) is 4.44. The predicted molar refractivity (Wildman–Crippen MR) is 85.6 cm³/mol. The highest BCUT2D eigenvalue weighted by Gasteiger charge is 2.05. The molecule has 1 N–H and O–H groups in total. The van der Waals surface area contributed by atoms with E-state index in [1.807, 2.05) is 43.1 Å². The lowest BCUT2D eigenvalue weighted by Gasteiger charge is -2.07. The monoisotopic (exact) mass is 303 g/mol. The van der Waals surface area contributed by atoms with Crippen LogP contribution in [-0.2, 0) is 17.9 Å². The molecule has 0 bridgehead atoms. The molecule has 2 rings (SSSR count).